The molecule has 2 rings (SSSR count). The normalized spacial score (nSPS) is 20.9. The van der Waals surface area contributed by atoms with Gasteiger partial charge in [0.2, 0.25) is 0 Å². The minimum atomic E-state index is -0.797. The predicted molar refractivity (Wildman–Crippen MR) is 47.4 cm³/mol. The molecule has 4 nitrogen and oxygen atoms in total. The third-order valence-corrected chi connectivity index (χ3v) is 2.24. The van der Waals surface area contributed by atoms with E-state index >= 15 is 0 Å². The molecule has 1 aliphatic rings. The molecule has 0 aromatic heterocycles. The average Bonchev–Trinajstić information content (AvgIpc) is 2.14. The molecule has 0 spiro atoms. The van der Waals surface area contributed by atoms with E-state index in [9.17, 15) is 14.4 Å². The zero-order chi connectivity index (χ0) is 10.3. The molecule has 14 heavy (non-hydrogen) atoms. The number of hydroxylamine groups is 1. The predicted octanol–water partition coefficient (Wildman–Crippen LogP) is 0.431. The number of amides is 1. The fourth-order valence-corrected chi connectivity index (χ4v) is 1.52. The van der Waals surface area contributed by atoms with E-state index in [1.165, 1.54) is 18.2 Å². The lowest BCUT2D eigenvalue weighted by Gasteiger charge is -2.27. The first-order chi connectivity index (χ1) is 6.59. The average molecular weight is 196 g/mol. The van der Waals surface area contributed by atoms with Crippen molar-refractivity contribution in [1.29, 1.82) is 0 Å². The number of carbonyl (C=O) groups excluding carboxylic acids is 1. The van der Waals surface area contributed by atoms with Gasteiger partial charge >= 0.3 is 0 Å². The fourth-order valence-electron chi connectivity index (χ4n) is 1.52. The van der Waals surface area contributed by atoms with Gasteiger partial charge in [0.1, 0.15) is 5.82 Å². The lowest BCUT2D eigenvalue weighted by atomic mass is 9.99. The zero-order valence-corrected chi connectivity index (χ0v) is 7.27. The fraction of sp³-hybridized carbons (Fsp3) is 0.222. The number of nitrogens with zero attached hydrogens (tertiary/aromatic N) is 1. The van der Waals surface area contributed by atoms with Gasteiger partial charge in [-0.1, -0.05) is 0 Å². The van der Waals surface area contributed by atoms with Crippen LogP contribution in [0.2, 0.25) is 0 Å². The molecule has 1 amide bonds. The van der Waals surface area contributed by atoms with E-state index in [-0.39, 0.29) is 6.42 Å². The van der Waals surface area contributed by atoms with Crippen LogP contribution in [0.5, 0.6) is 0 Å². The topological polar surface area (TPSA) is 66.6 Å². The second-order valence-corrected chi connectivity index (χ2v) is 3.23. The second-order valence-electron chi connectivity index (χ2n) is 3.23. The maximum Gasteiger partial charge on any atom is 0.267 e. The van der Waals surface area contributed by atoms with Gasteiger partial charge in [-0.05, 0) is 30.2 Å². The molecule has 0 unspecified atom stereocenters. The van der Waals surface area contributed by atoms with Crippen LogP contribution in [0.4, 0.5) is 10.1 Å². The van der Waals surface area contributed by atoms with E-state index in [4.69, 9.17) is 5.73 Å². The quantitative estimate of drug-likeness (QED) is 0.591. The van der Waals surface area contributed by atoms with Crippen molar-refractivity contribution >= 4 is 11.6 Å². The summed E-state index contributed by atoms with van der Waals surface area (Å²) in [5.74, 6) is -0.970. The number of hydrogen-bond donors (Lipinski definition) is 2. The number of rotatable bonds is 0. The highest BCUT2D eigenvalue weighted by Gasteiger charge is 2.29. The summed E-state index contributed by atoms with van der Waals surface area (Å²) in [7, 11) is 0. The van der Waals surface area contributed by atoms with Crippen LogP contribution >= 0.6 is 0 Å². The van der Waals surface area contributed by atoms with Gasteiger partial charge < -0.3 is 5.73 Å². The molecule has 74 valence electrons. The Labute approximate surface area is 79.7 Å². The minimum absolute atomic E-state index is 0.253. The van der Waals surface area contributed by atoms with E-state index in [2.05, 4.69) is 0 Å². The summed E-state index contributed by atoms with van der Waals surface area (Å²) < 4.78 is 12.8. The lowest BCUT2D eigenvalue weighted by molar-refractivity contribution is -0.125. The van der Waals surface area contributed by atoms with E-state index < -0.39 is 17.8 Å². The molecule has 1 heterocycles. The summed E-state index contributed by atoms with van der Waals surface area (Å²) in [6.07, 6.45) is 0.253. The number of hydrogen-bond acceptors (Lipinski definition) is 3. The summed E-state index contributed by atoms with van der Waals surface area (Å²) >= 11 is 0. The van der Waals surface area contributed by atoms with Crippen molar-refractivity contribution in [2.24, 2.45) is 5.73 Å². The van der Waals surface area contributed by atoms with Gasteiger partial charge in [-0.25, -0.2) is 4.39 Å². The largest absolute Gasteiger partial charge is 0.320 e. The standard InChI is InChI=1S/C9H9FN2O2/c10-6-1-2-8-5(3-6)4-7(11)9(13)12(8)14/h1-3,7,14H,4,11H2/t7-/m0/s1. The molecule has 0 bridgehead atoms. The van der Waals surface area contributed by atoms with Crippen LogP contribution in [0.25, 0.3) is 0 Å². The molecule has 0 saturated carbocycles. The van der Waals surface area contributed by atoms with Crippen molar-refractivity contribution in [2.45, 2.75) is 12.5 Å². The Morgan fingerprint density at radius 3 is 3.00 bits per heavy atom. The van der Waals surface area contributed by atoms with Crippen LogP contribution in [-0.2, 0) is 11.2 Å². The molecule has 0 fully saturated rings. The molecule has 3 N–H and O–H groups in total. The van der Waals surface area contributed by atoms with Crippen LogP contribution in [0.15, 0.2) is 18.2 Å². The van der Waals surface area contributed by atoms with E-state index in [1.807, 2.05) is 0 Å². The van der Waals surface area contributed by atoms with Crippen molar-refractivity contribution in [2.75, 3.05) is 5.06 Å². The summed E-state index contributed by atoms with van der Waals surface area (Å²) in [5, 5.41) is 9.85. The van der Waals surface area contributed by atoms with Crippen LogP contribution in [0.1, 0.15) is 5.56 Å². The maximum absolute atomic E-state index is 12.8. The highest BCUT2D eigenvalue weighted by molar-refractivity contribution is 5.97. The Morgan fingerprint density at radius 2 is 2.29 bits per heavy atom. The van der Waals surface area contributed by atoms with Crippen LogP contribution in [0.3, 0.4) is 0 Å². The smallest absolute Gasteiger partial charge is 0.267 e. The molecule has 5 heteroatoms. The van der Waals surface area contributed by atoms with E-state index in [0.717, 1.165) is 0 Å². The van der Waals surface area contributed by atoms with Crippen molar-refractivity contribution in [3.63, 3.8) is 0 Å². The molecule has 1 atom stereocenters. The summed E-state index contributed by atoms with van der Waals surface area (Å²) in [6.45, 7) is 0. The van der Waals surface area contributed by atoms with Gasteiger partial charge in [0.05, 0.1) is 11.7 Å². The molecule has 0 aliphatic carbocycles. The summed E-state index contributed by atoms with van der Waals surface area (Å²) in [4.78, 5) is 11.2. The number of fused-ring (bicyclic) bond motifs is 1. The number of benzene rings is 1. The van der Waals surface area contributed by atoms with Gasteiger partial charge in [0.15, 0.2) is 0 Å². The Hall–Kier alpha value is -1.46. The molecular weight excluding hydrogens is 187 g/mol. The Bertz CT molecular complexity index is 394. The maximum atomic E-state index is 12.8. The zero-order valence-electron chi connectivity index (χ0n) is 7.27. The van der Waals surface area contributed by atoms with Crippen LogP contribution < -0.4 is 10.8 Å². The van der Waals surface area contributed by atoms with Gasteiger partial charge in [-0.2, -0.15) is 5.06 Å². The van der Waals surface area contributed by atoms with Crippen LogP contribution in [-0.4, -0.2) is 17.2 Å². The minimum Gasteiger partial charge on any atom is -0.320 e. The molecule has 0 saturated heterocycles. The van der Waals surface area contributed by atoms with Crippen molar-refractivity contribution in [1.82, 2.24) is 0 Å². The van der Waals surface area contributed by atoms with Crippen LogP contribution in [0, 0.1) is 5.82 Å². The van der Waals surface area contributed by atoms with Crippen molar-refractivity contribution in [3.05, 3.63) is 29.6 Å². The third kappa shape index (κ3) is 1.26. The first-order valence-electron chi connectivity index (χ1n) is 4.16. The SMILES string of the molecule is N[C@H]1Cc2cc(F)ccc2N(O)C1=O. The highest BCUT2D eigenvalue weighted by atomic mass is 19.1. The number of carbonyl (C=O) groups is 1. The van der Waals surface area contributed by atoms with Crippen molar-refractivity contribution < 1.29 is 14.4 Å². The first-order valence-corrected chi connectivity index (χ1v) is 4.16. The Morgan fingerprint density at radius 1 is 1.57 bits per heavy atom. The first kappa shape index (κ1) is 9.11. The van der Waals surface area contributed by atoms with Gasteiger partial charge in [-0.3, -0.25) is 10.0 Å². The third-order valence-electron chi connectivity index (χ3n) is 2.24. The second kappa shape index (κ2) is 3.04. The molecule has 0 radical (unpaired) electrons. The molecule has 1 aromatic carbocycles. The number of halogens is 1. The molecular formula is C9H9FN2O2. The summed E-state index contributed by atoms with van der Waals surface area (Å²) in [5.41, 5.74) is 6.31. The van der Waals surface area contributed by atoms with Gasteiger partial charge in [0, 0.05) is 0 Å². The monoisotopic (exact) mass is 196 g/mol. The highest BCUT2D eigenvalue weighted by Crippen LogP contribution is 2.26. The Kier molecular flexibility index (Phi) is 1.98. The number of anilines is 1. The molecule has 1 aromatic rings. The summed E-state index contributed by atoms with van der Waals surface area (Å²) in [6, 6.07) is 3.01. The lowest BCUT2D eigenvalue weighted by Crippen LogP contribution is -2.47. The van der Waals surface area contributed by atoms with E-state index in [0.29, 0.717) is 16.3 Å². The number of nitrogens with two attached hydrogens (primary N) is 1. The molecule has 1 aliphatic heterocycles. The van der Waals surface area contributed by atoms with Crippen molar-refractivity contribution in [3.8, 4) is 0 Å². The van der Waals surface area contributed by atoms with E-state index in [1.54, 1.807) is 0 Å². The van der Waals surface area contributed by atoms with Gasteiger partial charge in [0.25, 0.3) is 5.91 Å². The Balaban J connectivity index is 2.50. The van der Waals surface area contributed by atoms with Gasteiger partial charge in [-0.15, -0.1) is 0 Å².